The second-order valence-electron chi connectivity index (χ2n) is 8.31. The predicted octanol–water partition coefficient (Wildman–Crippen LogP) is 2.17. The van der Waals surface area contributed by atoms with E-state index in [0.717, 1.165) is 19.3 Å². The Balaban J connectivity index is 1.45. The van der Waals surface area contributed by atoms with Crippen LogP contribution < -0.4 is 10.1 Å². The molecule has 0 radical (unpaired) electrons. The number of pyridine rings is 1. The van der Waals surface area contributed by atoms with Gasteiger partial charge in [-0.15, -0.1) is 0 Å². The highest BCUT2D eigenvalue weighted by atomic mass is 16.5. The van der Waals surface area contributed by atoms with Gasteiger partial charge in [-0.3, -0.25) is 14.6 Å². The molecule has 2 saturated heterocycles. The summed E-state index contributed by atoms with van der Waals surface area (Å²) < 4.78 is 5.89. The molecule has 3 atom stereocenters. The molecule has 2 aliphatic heterocycles. The maximum absolute atomic E-state index is 13.2. The Bertz CT molecular complexity index is 750. The number of hydrogen-bond donors (Lipinski definition) is 1. The smallest absolute Gasteiger partial charge is 0.228 e. The summed E-state index contributed by atoms with van der Waals surface area (Å²) in [5.41, 5.74) is -0.865. The highest BCUT2D eigenvalue weighted by Gasteiger charge is 2.56. The van der Waals surface area contributed by atoms with Crippen molar-refractivity contribution in [3.8, 4) is 5.75 Å². The zero-order valence-electron chi connectivity index (χ0n) is 15.8. The SMILES string of the molecule is CC1(C(=O)N2CC[C@]3(C2)C(=O)NC[C@@H]3COc2cccnc2)CC=CCC1. The van der Waals surface area contributed by atoms with Gasteiger partial charge < -0.3 is 15.0 Å². The fourth-order valence-electron chi connectivity index (χ4n) is 4.69. The highest BCUT2D eigenvalue weighted by Crippen LogP contribution is 2.44. The number of nitrogens with one attached hydrogen (secondary N) is 1. The van der Waals surface area contributed by atoms with Crippen molar-refractivity contribution in [1.29, 1.82) is 0 Å². The van der Waals surface area contributed by atoms with Crippen LogP contribution in [0.2, 0.25) is 0 Å². The van der Waals surface area contributed by atoms with Crippen molar-refractivity contribution in [3.63, 3.8) is 0 Å². The van der Waals surface area contributed by atoms with E-state index in [9.17, 15) is 9.59 Å². The molecular formula is C21H27N3O3. The molecule has 4 rings (SSSR count). The number of carbonyl (C=O) groups is 2. The Labute approximate surface area is 160 Å². The first-order chi connectivity index (χ1) is 13.0. The minimum Gasteiger partial charge on any atom is -0.492 e. The number of carbonyl (C=O) groups excluding carboxylic acids is 2. The first-order valence-corrected chi connectivity index (χ1v) is 9.79. The molecule has 1 aromatic rings. The van der Waals surface area contributed by atoms with Crippen LogP contribution in [0.3, 0.4) is 0 Å². The zero-order valence-corrected chi connectivity index (χ0v) is 15.8. The van der Waals surface area contributed by atoms with Crippen LogP contribution in [-0.4, -0.2) is 47.9 Å². The van der Waals surface area contributed by atoms with Gasteiger partial charge in [0.2, 0.25) is 11.8 Å². The van der Waals surface area contributed by atoms with Gasteiger partial charge in [0.25, 0.3) is 0 Å². The van der Waals surface area contributed by atoms with E-state index in [0.29, 0.717) is 38.4 Å². The fourth-order valence-corrected chi connectivity index (χ4v) is 4.69. The molecule has 2 fully saturated rings. The van der Waals surface area contributed by atoms with Crippen molar-refractivity contribution >= 4 is 11.8 Å². The first-order valence-electron chi connectivity index (χ1n) is 9.79. The van der Waals surface area contributed by atoms with Crippen molar-refractivity contribution in [2.24, 2.45) is 16.7 Å². The molecule has 6 heteroatoms. The van der Waals surface area contributed by atoms with Gasteiger partial charge in [0.15, 0.2) is 0 Å². The monoisotopic (exact) mass is 369 g/mol. The third-order valence-electron chi connectivity index (χ3n) is 6.53. The molecule has 2 amide bonds. The lowest BCUT2D eigenvalue weighted by molar-refractivity contribution is -0.141. The topological polar surface area (TPSA) is 71.5 Å². The Hall–Kier alpha value is -2.37. The standard InChI is InChI=1S/C21H27N3O3/c1-20(7-3-2-4-8-20)19(26)24-11-9-21(15-24)16(12-23-18(21)25)14-27-17-6-5-10-22-13-17/h2-3,5-6,10,13,16H,4,7-9,11-12,14-15H2,1H3,(H,23,25)/t16-,20?,21-/m1/s1. The lowest BCUT2D eigenvalue weighted by Gasteiger charge is -2.34. The van der Waals surface area contributed by atoms with Gasteiger partial charge >= 0.3 is 0 Å². The van der Waals surface area contributed by atoms with Crippen molar-refractivity contribution in [1.82, 2.24) is 15.2 Å². The summed E-state index contributed by atoms with van der Waals surface area (Å²) in [6, 6.07) is 3.70. The van der Waals surface area contributed by atoms with E-state index >= 15 is 0 Å². The number of ether oxygens (including phenoxy) is 1. The van der Waals surface area contributed by atoms with Gasteiger partial charge in [0, 0.05) is 31.7 Å². The zero-order chi connectivity index (χ0) is 18.9. The van der Waals surface area contributed by atoms with Crippen LogP contribution >= 0.6 is 0 Å². The molecule has 3 aliphatic rings. The van der Waals surface area contributed by atoms with Crippen LogP contribution in [0.15, 0.2) is 36.7 Å². The minimum atomic E-state index is -0.529. The van der Waals surface area contributed by atoms with Crippen molar-refractivity contribution in [3.05, 3.63) is 36.7 Å². The number of hydrogen-bond acceptors (Lipinski definition) is 4. The van der Waals surface area contributed by atoms with E-state index in [-0.39, 0.29) is 23.1 Å². The third kappa shape index (κ3) is 3.22. The Kier molecular flexibility index (Phi) is 4.66. The maximum Gasteiger partial charge on any atom is 0.228 e. The molecule has 6 nitrogen and oxygen atoms in total. The van der Waals surface area contributed by atoms with E-state index < -0.39 is 5.41 Å². The summed E-state index contributed by atoms with van der Waals surface area (Å²) in [5.74, 6) is 1.02. The van der Waals surface area contributed by atoms with Crippen molar-refractivity contribution in [2.75, 3.05) is 26.2 Å². The van der Waals surface area contributed by atoms with Crippen LogP contribution in [0.4, 0.5) is 0 Å². The molecule has 1 aromatic heterocycles. The summed E-state index contributed by atoms with van der Waals surface area (Å²) in [7, 11) is 0. The predicted molar refractivity (Wildman–Crippen MR) is 101 cm³/mol. The second-order valence-corrected chi connectivity index (χ2v) is 8.31. The average molecular weight is 369 g/mol. The fraction of sp³-hybridized carbons (Fsp3) is 0.571. The van der Waals surface area contributed by atoms with Gasteiger partial charge in [-0.05, 0) is 37.8 Å². The number of rotatable bonds is 4. The highest BCUT2D eigenvalue weighted by molar-refractivity contribution is 5.89. The number of likely N-dealkylation sites (tertiary alicyclic amines) is 1. The average Bonchev–Trinajstić information content (AvgIpc) is 3.27. The van der Waals surface area contributed by atoms with Crippen molar-refractivity contribution < 1.29 is 14.3 Å². The number of allylic oxidation sites excluding steroid dienone is 2. The molecule has 0 bridgehead atoms. The summed E-state index contributed by atoms with van der Waals surface area (Å²) in [6.45, 7) is 4.25. The molecule has 3 heterocycles. The third-order valence-corrected chi connectivity index (χ3v) is 6.53. The maximum atomic E-state index is 13.2. The van der Waals surface area contributed by atoms with E-state index in [1.807, 2.05) is 17.0 Å². The molecule has 1 spiro atoms. The van der Waals surface area contributed by atoms with Gasteiger partial charge in [0.1, 0.15) is 5.75 Å². The summed E-state index contributed by atoms with van der Waals surface area (Å²) >= 11 is 0. The summed E-state index contributed by atoms with van der Waals surface area (Å²) in [5, 5.41) is 3.00. The van der Waals surface area contributed by atoms with Gasteiger partial charge in [0.05, 0.1) is 23.6 Å². The molecule has 0 aromatic carbocycles. The van der Waals surface area contributed by atoms with Crippen LogP contribution in [-0.2, 0) is 9.59 Å². The Morgan fingerprint density at radius 2 is 2.30 bits per heavy atom. The summed E-state index contributed by atoms with van der Waals surface area (Å²) in [6.07, 6.45) is 11.0. The van der Waals surface area contributed by atoms with Crippen LogP contribution in [0, 0.1) is 16.7 Å². The number of nitrogens with zero attached hydrogens (tertiary/aromatic N) is 2. The van der Waals surface area contributed by atoms with Gasteiger partial charge in [-0.25, -0.2) is 0 Å². The van der Waals surface area contributed by atoms with E-state index in [1.165, 1.54) is 0 Å². The largest absolute Gasteiger partial charge is 0.492 e. The Morgan fingerprint density at radius 1 is 1.41 bits per heavy atom. The van der Waals surface area contributed by atoms with Gasteiger partial charge in [-0.2, -0.15) is 0 Å². The molecule has 1 aliphatic carbocycles. The summed E-state index contributed by atoms with van der Waals surface area (Å²) in [4.78, 5) is 31.9. The molecular weight excluding hydrogens is 342 g/mol. The quantitative estimate of drug-likeness (QED) is 0.826. The molecule has 1 unspecified atom stereocenters. The number of amides is 2. The Morgan fingerprint density at radius 3 is 3.04 bits per heavy atom. The van der Waals surface area contributed by atoms with Crippen LogP contribution in [0.1, 0.15) is 32.6 Å². The molecule has 1 N–H and O–H groups in total. The van der Waals surface area contributed by atoms with E-state index in [4.69, 9.17) is 4.74 Å². The number of aromatic nitrogens is 1. The van der Waals surface area contributed by atoms with E-state index in [1.54, 1.807) is 12.4 Å². The first kappa shape index (κ1) is 18.0. The minimum absolute atomic E-state index is 0.0575. The molecule has 27 heavy (non-hydrogen) atoms. The normalized spacial score (nSPS) is 32.7. The lowest BCUT2D eigenvalue weighted by atomic mass is 9.76. The molecule has 144 valence electrons. The van der Waals surface area contributed by atoms with Gasteiger partial charge in [-0.1, -0.05) is 19.1 Å². The second kappa shape index (κ2) is 6.98. The van der Waals surface area contributed by atoms with Crippen LogP contribution in [0.25, 0.3) is 0 Å². The lowest BCUT2D eigenvalue weighted by Crippen LogP contribution is -2.45. The van der Waals surface area contributed by atoms with Crippen LogP contribution in [0.5, 0.6) is 5.75 Å². The van der Waals surface area contributed by atoms with Crippen molar-refractivity contribution in [2.45, 2.75) is 32.6 Å². The molecule has 0 saturated carbocycles. The van der Waals surface area contributed by atoms with E-state index in [2.05, 4.69) is 29.4 Å².